The van der Waals surface area contributed by atoms with Crippen LogP contribution in [-0.2, 0) is 14.3 Å². The number of hydrogen-bond acceptors (Lipinski definition) is 4. The Morgan fingerprint density at radius 1 is 1.00 bits per heavy atom. The third-order valence-corrected chi connectivity index (χ3v) is 2.68. The average molecular weight is 259 g/mol. The van der Waals surface area contributed by atoms with Crippen LogP contribution in [0, 0.1) is 0 Å². The molecule has 98 valence electrons. The van der Waals surface area contributed by atoms with Crippen molar-refractivity contribution in [2.24, 2.45) is 0 Å². The minimum atomic E-state index is -0.921. The molecular formula is C14H13NO4. The molecule has 0 unspecified atom stereocenters. The van der Waals surface area contributed by atoms with Crippen LogP contribution in [0.4, 0.5) is 5.69 Å². The number of amides is 1. The van der Waals surface area contributed by atoms with Gasteiger partial charge in [-0.25, -0.2) is 4.79 Å². The van der Waals surface area contributed by atoms with E-state index < -0.39 is 11.9 Å². The van der Waals surface area contributed by atoms with Crippen molar-refractivity contribution in [1.29, 1.82) is 0 Å². The number of carbonyl (C=O) groups excluding carboxylic acids is 2. The summed E-state index contributed by atoms with van der Waals surface area (Å²) in [6, 6.07) is 10.9. The molecule has 5 heteroatoms. The molecule has 0 aromatic heterocycles. The van der Waals surface area contributed by atoms with E-state index in [1.54, 1.807) is 19.2 Å². The van der Waals surface area contributed by atoms with Gasteiger partial charge in [0, 0.05) is 5.69 Å². The molecule has 2 aromatic rings. The molecule has 1 amide bonds. The minimum Gasteiger partial charge on any atom is -0.497 e. The van der Waals surface area contributed by atoms with Gasteiger partial charge in [-0.3, -0.25) is 4.79 Å². The maximum Gasteiger partial charge on any atom is 0.396 e. The first-order chi connectivity index (χ1) is 9.13. The van der Waals surface area contributed by atoms with E-state index in [9.17, 15) is 9.59 Å². The lowest BCUT2D eigenvalue weighted by atomic mass is 10.1. The van der Waals surface area contributed by atoms with Crippen LogP contribution >= 0.6 is 0 Å². The van der Waals surface area contributed by atoms with Gasteiger partial charge in [-0.05, 0) is 35.0 Å². The molecule has 0 saturated carbocycles. The zero-order valence-electron chi connectivity index (χ0n) is 10.6. The summed E-state index contributed by atoms with van der Waals surface area (Å²) in [4.78, 5) is 22.4. The Bertz CT molecular complexity index is 636. The van der Waals surface area contributed by atoms with Crippen LogP contribution in [0.2, 0.25) is 0 Å². The molecule has 2 aromatic carbocycles. The van der Waals surface area contributed by atoms with E-state index in [2.05, 4.69) is 10.1 Å². The number of nitrogens with one attached hydrogen (secondary N) is 1. The maximum atomic E-state index is 11.4. The van der Waals surface area contributed by atoms with Gasteiger partial charge in [-0.15, -0.1) is 0 Å². The van der Waals surface area contributed by atoms with E-state index >= 15 is 0 Å². The Morgan fingerprint density at radius 2 is 1.68 bits per heavy atom. The van der Waals surface area contributed by atoms with Crippen molar-refractivity contribution in [2.75, 3.05) is 19.5 Å². The quantitative estimate of drug-likeness (QED) is 0.661. The van der Waals surface area contributed by atoms with Gasteiger partial charge in [0.2, 0.25) is 0 Å². The van der Waals surface area contributed by atoms with Crippen molar-refractivity contribution in [2.45, 2.75) is 0 Å². The second-order valence-electron chi connectivity index (χ2n) is 3.87. The molecule has 0 radical (unpaired) electrons. The summed E-state index contributed by atoms with van der Waals surface area (Å²) in [7, 11) is 2.76. The van der Waals surface area contributed by atoms with Crippen LogP contribution in [0.5, 0.6) is 5.75 Å². The SMILES string of the molecule is COC(=O)C(=O)Nc1ccc2cc(OC)ccc2c1. The lowest BCUT2D eigenvalue weighted by Gasteiger charge is -2.06. The summed E-state index contributed by atoms with van der Waals surface area (Å²) >= 11 is 0. The van der Waals surface area contributed by atoms with Gasteiger partial charge < -0.3 is 14.8 Å². The van der Waals surface area contributed by atoms with Gasteiger partial charge in [0.1, 0.15) is 5.75 Å². The average Bonchev–Trinajstić information content (AvgIpc) is 2.45. The Morgan fingerprint density at radius 3 is 2.37 bits per heavy atom. The maximum absolute atomic E-state index is 11.4. The molecule has 0 bridgehead atoms. The van der Waals surface area contributed by atoms with Gasteiger partial charge >= 0.3 is 11.9 Å². The number of esters is 1. The second kappa shape index (κ2) is 5.39. The highest BCUT2D eigenvalue weighted by Gasteiger charge is 2.13. The van der Waals surface area contributed by atoms with Gasteiger partial charge in [-0.2, -0.15) is 0 Å². The highest BCUT2D eigenvalue weighted by atomic mass is 16.5. The van der Waals surface area contributed by atoms with Crippen molar-refractivity contribution in [3.05, 3.63) is 36.4 Å². The first kappa shape index (κ1) is 12.9. The number of hydrogen-bond donors (Lipinski definition) is 1. The summed E-state index contributed by atoms with van der Waals surface area (Å²) in [6.45, 7) is 0. The summed E-state index contributed by atoms with van der Waals surface area (Å²) < 4.78 is 9.47. The van der Waals surface area contributed by atoms with Gasteiger partial charge in [-0.1, -0.05) is 12.1 Å². The van der Waals surface area contributed by atoms with Gasteiger partial charge in [0.05, 0.1) is 14.2 Å². The van der Waals surface area contributed by atoms with Crippen molar-refractivity contribution >= 4 is 28.3 Å². The van der Waals surface area contributed by atoms with Crippen LogP contribution in [-0.4, -0.2) is 26.1 Å². The number of rotatable bonds is 2. The molecule has 0 aliphatic rings. The van der Waals surface area contributed by atoms with Crippen LogP contribution in [0.1, 0.15) is 0 Å². The zero-order valence-corrected chi connectivity index (χ0v) is 10.6. The normalized spacial score (nSPS) is 10.0. The molecule has 19 heavy (non-hydrogen) atoms. The van der Waals surface area contributed by atoms with E-state index in [1.807, 2.05) is 24.3 Å². The largest absolute Gasteiger partial charge is 0.497 e. The fourth-order valence-electron chi connectivity index (χ4n) is 1.70. The molecular weight excluding hydrogens is 246 g/mol. The van der Waals surface area contributed by atoms with Crippen molar-refractivity contribution in [1.82, 2.24) is 0 Å². The Hall–Kier alpha value is -2.56. The molecule has 0 fully saturated rings. The summed E-state index contributed by atoms with van der Waals surface area (Å²) in [6.07, 6.45) is 0. The van der Waals surface area contributed by atoms with Crippen LogP contribution in [0.15, 0.2) is 36.4 Å². The molecule has 0 atom stereocenters. The fraction of sp³-hybridized carbons (Fsp3) is 0.143. The molecule has 0 heterocycles. The summed E-state index contributed by atoms with van der Waals surface area (Å²) in [5.41, 5.74) is 0.535. The first-order valence-corrected chi connectivity index (χ1v) is 5.61. The number of ether oxygens (including phenoxy) is 2. The number of methoxy groups -OCH3 is 2. The molecule has 1 N–H and O–H groups in total. The van der Waals surface area contributed by atoms with E-state index in [0.717, 1.165) is 23.6 Å². The molecule has 0 saturated heterocycles. The molecule has 0 spiro atoms. The fourth-order valence-corrected chi connectivity index (χ4v) is 1.70. The van der Waals surface area contributed by atoms with E-state index in [1.165, 1.54) is 0 Å². The monoisotopic (exact) mass is 259 g/mol. The van der Waals surface area contributed by atoms with Gasteiger partial charge in [0.25, 0.3) is 0 Å². The first-order valence-electron chi connectivity index (χ1n) is 5.61. The van der Waals surface area contributed by atoms with Crippen LogP contribution < -0.4 is 10.1 Å². The van der Waals surface area contributed by atoms with E-state index in [0.29, 0.717) is 5.69 Å². The Balaban J connectivity index is 2.27. The Labute approximate surface area is 110 Å². The standard InChI is InChI=1S/C14H13NO4/c1-18-12-6-4-9-7-11(5-3-10(9)8-12)15-13(16)14(17)19-2/h3-8H,1-2H3,(H,15,16). The predicted octanol–water partition coefficient (Wildman–Crippen LogP) is 1.96. The van der Waals surface area contributed by atoms with E-state index in [4.69, 9.17) is 4.74 Å². The lowest BCUT2D eigenvalue weighted by Crippen LogP contribution is -2.23. The smallest absolute Gasteiger partial charge is 0.396 e. The van der Waals surface area contributed by atoms with Crippen LogP contribution in [0.3, 0.4) is 0 Å². The third kappa shape index (κ3) is 2.82. The lowest BCUT2D eigenvalue weighted by molar-refractivity contribution is -0.150. The minimum absolute atomic E-state index is 0.535. The number of carbonyl (C=O) groups is 2. The number of fused-ring (bicyclic) bond motifs is 1. The second-order valence-corrected chi connectivity index (χ2v) is 3.87. The van der Waals surface area contributed by atoms with E-state index in [-0.39, 0.29) is 0 Å². The number of benzene rings is 2. The number of anilines is 1. The third-order valence-electron chi connectivity index (χ3n) is 2.68. The molecule has 2 rings (SSSR count). The van der Waals surface area contributed by atoms with Gasteiger partial charge in [0.15, 0.2) is 0 Å². The predicted molar refractivity (Wildman–Crippen MR) is 71.1 cm³/mol. The highest BCUT2D eigenvalue weighted by Crippen LogP contribution is 2.23. The zero-order chi connectivity index (χ0) is 13.8. The summed E-state index contributed by atoms with van der Waals surface area (Å²) in [5, 5.41) is 4.38. The molecule has 0 aliphatic carbocycles. The van der Waals surface area contributed by atoms with Crippen molar-refractivity contribution < 1.29 is 19.1 Å². The molecule has 0 aliphatic heterocycles. The topological polar surface area (TPSA) is 64.6 Å². The highest BCUT2D eigenvalue weighted by molar-refractivity contribution is 6.37. The Kier molecular flexibility index (Phi) is 3.66. The van der Waals surface area contributed by atoms with Crippen molar-refractivity contribution in [3.8, 4) is 5.75 Å². The van der Waals surface area contributed by atoms with Crippen molar-refractivity contribution in [3.63, 3.8) is 0 Å². The van der Waals surface area contributed by atoms with Crippen LogP contribution in [0.25, 0.3) is 10.8 Å². The molecule has 5 nitrogen and oxygen atoms in total. The summed E-state index contributed by atoms with van der Waals surface area (Å²) in [5.74, 6) is -0.955.